The molecular weight excluding hydrogens is 1530 g/mol. The molecule has 0 aliphatic heterocycles. The molecule has 0 radical (unpaired) electrons. The highest BCUT2D eigenvalue weighted by molar-refractivity contribution is 6.06. The maximum atomic E-state index is 4.73. The van der Waals surface area contributed by atoms with Crippen LogP contribution in [0.15, 0.2) is 322 Å². The zero-order valence-corrected chi connectivity index (χ0v) is 71.5. The highest BCUT2D eigenvalue weighted by Crippen LogP contribution is 2.49. The number of nitrogens with zero attached hydrogens (tertiary/aromatic N) is 10. The molecule has 10 aromatic heterocycles. The lowest BCUT2D eigenvalue weighted by atomic mass is 9.97. The molecule has 10 nitrogen and oxygen atoms in total. The lowest BCUT2D eigenvalue weighted by Crippen LogP contribution is -1.94. The van der Waals surface area contributed by atoms with Gasteiger partial charge in [-0.1, -0.05) is 231 Å². The van der Waals surface area contributed by atoms with Gasteiger partial charge < -0.3 is 0 Å². The number of hydrogen-bond acceptors (Lipinski definition) is 10. The van der Waals surface area contributed by atoms with Gasteiger partial charge in [-0.05, 0) is 275 Å². The molecule has 602 valence electrons. The van der Waals surface area contributed by atoms with Crippen LogP contribution in [0, 0.1) is 48.5 Å². The second-order valence-electron chi connectivity index (χ2n) is 34.0. The lowest BCUT2D eigenvalue weighted by Gasteiger charge is -2.08. The fourth-order valence-corrected chi connectivity index (χ4v) is 20.7. The smallest absolute Gasteiger partial charge is 0.159 e. The zero-order chi connectivity index (χ0) is 84.8. The Morgan fingerprint density at radius 2 is 0.603 bits per heavy atom. The van der Waals surface area contributed by atoms with Crippen molar-refractivity contribution in [3.05, 3.63) is 440 Å². The van der Waals surface area contributed by atoms with Gasteiger partial charge in [-0.3, -0.25) is 39.9 Å². The van der Waals surface area contributed by atoms with E-state index in [0.29, 0.717) is 0 Å². The van der Waals surface area contributed by atoms with Crippen LogP contribution in [-0.2, 0) is 44.9 Å². The van der Waals surface area contributed by atoms with E-state index in [-0.39, 0.29) is 0 Å². The topological polar surface area (TPSA) is 129 Å². The standard InChI is InChI=1S/C18H14.2C17H13N.4C16H12N2/c1-12-5-4-8-16-17(12)11-14-10-9-13-6-2-3-7-15(13)18(14)16;1-11-15-10-12-6-2-3-7-13(12)17(15)14-8-4-5-9-16(14)18-11;1-11-8-9-18-17-15(11)10-13-7-6-12-4-2-3-5-14(12)16(13)17;1-10-13-9-11-5-2-3-6-12(11)15(13)16-14(18-10)7-4-8-17-16;1-10-14-9-11-5-2-3-6-12(11)15(14)13-7-4-8-17-16(13)18-10;1-10-13-8-11-4-2-3-5-12(11)16(13)14-9-17-7-6-15(14)18-10;1-10-14-8-11-4-2-3-5-12(11)16(14)13-6-7-17-9-15(13)18-10/h2-10H,11H2,1H3;2*2-9H,10H2,1H3;2*2-8H,9H2,1H3;2*2-7,9H,8H2,1H3. The molecule has 0 bridgehead atoms. The molecule has 0 spiro atoms. The van der Waals surface area contributed by atoms with Gasteiger partial charge in [0, 0.05) is 137 Å². The molecule has 0 saturated heterocycles. The summed E-state index contributed by atoms with van der Waals surface area (Å²) in [5, 5.41) is 10.2. The van der Waals surface area contributed by atoms with Gasteiger partial charge in [-0.15, -0.1) is 0 Å². The molecule has 7 aliphatic rings. The summed E-state index contributed by atoms with van der Waals surface area (Å²) in [7, 11) is 0. The Morgan fingerprint density at radius 1 is 0.206 bits per heavy atom. The molecule has 10 heterocycles. The molecule has 0 unspecified atom stereocenters. The Hall–Kier alpha value is -15.3. The van der Waals surface area contributed by atoms with Gasteiger partial charge in [0.1, 0.15) is 0 Å². The summed E-state index contributed by atoms with van der Waals surface area (Å²) in [5.41, 5.74) is 52.9. The van der Waals surface area contributed by atoms with Crippen molar-refractivity contribution in [2.45, 2.75) is 93.4 Å². The van der Waals surface area contributed by atoms with E-state index < -0.39 is 0 Å². The quantitative estimate of drug-likeness (QED) is 0.145. The summed E-state index contributed by atoms with van der Waals surface area (Å²) < 4.78 is 0. The van der Waals surface area contributed by atoms with Gasteiger partial charge in [0.05, 0.1) is 39.5 Å². The Labute approximate surface area is 732 Å². The van der Waals surface area contributed by atoms with Gasteiger partial charge in [-0.25, -0.2) is 9.97 Å². The van der Waals surface area contributed by atoms with Crippen molar-refractivity contribution in [3.8, 4) is 78.0 Å². The molecule has 21 aromatic rings. The predicted molar refractivity (Wildman–Crippen MR) is 516 cm³/mol. The first-order valence-electron chi connectivity index (χ1n) is 43.7. The van der Waals surface area contributed by atoms with Crippen molar-refractivity contribution in [3.63, 3.8) is 0 Å². The largest absolute Gasteiger partial charge is 0.264 e. The zero-order valence-electron chi connectivity index (χ0n) is 71.5. The lowest BCUT2D eigenvalue weighted by molar-refractivity contribution is 1.12. The highest BCUT2D eigenvalue weighted by atomic mass is 14.8. The SMILES string of the molecule is Cc1cccc2c1Cc1ccc3ccccc3c1-2.Cc1ccnc2c1Cc1ccc3ccccc3c1-2.Cc1nc2ccccc2c2c1Cc1ccccc1-2.Cc1nc2cccnc2c2c1Cc1ccccc1-2.Cc1nc2ccncc2c2c1Cc1ccccc1-2.Cc1nc2cnccc2c2c1Cc1ccccc1-2.Cc1nc2ncccc2c2c1Cc1ccccc1-2. The van der Waals surface area contributed by atoms with Gasteiger partial charge in [-0.2, -0.15) is 0 Å². The van der Waals surface area contributed by atoms with E-state index in [4.69, 9.17) is 9.97 Å². The monoisotopic (exact) mass is 1620 g/mol. The minimum Gasteiger partial charge on any atom is -0.264 e. The number of hydrogen-bond donors (Lipinski definition) is 0. The van der Waals surface area contributed by atoms with Crippen LogP contribution < -0.4 is 0 Å². The number of aryl methyl sites for hydroxylation is 7. The highest BCUT2D eigenvalue weighted by Gasteiger charge is 2.31. The maximum Gasteiger partial charge on any atom is 0.159 e. The second kappa shape index (κ2) is 31.9. The van der Waals surface area contributed by atoms with E-state index in [2.05, 4.69) is 343 Å². The summed E-state index contributed by atoms with van der Waals surface area (Å²) in [6.45, 7) is 14.9. The average Bonchev–Trinajstić information content (AvgIpc) is 1.63. The first-order chi connectivity index (χ1) is 61.9. The van der Waals surface area contributed by atoms with Gasteiger partial charge in [0.15, 0.2) is 5.65 Å². The minimum absolute atomic E-state index is 0.852. The number of fused-ring (bicyclic) bond motifs is 35. The summed E-state index contributed by atoms with van der Waals surface area (Å²) in [5.74, 6) is 0. The molecule has 0 amide bonds. The van der Waals surface area contributed by atoms with Crippen molar-refractivity contribution < 1.29 is 0 Å². The molecule has 7 aliphatic carbocycles. The first kappa shape index (κ1) is 76.8. The number of rotatable bonds is 0. The van der Waals surface area contributed by atoms with Crippen LogP contribution in [0.4, 0.5) is 0 Å². The molecule has 0 saturated carbocycles. The third-order valence-electron chi connectivity index (χ3n) is 26.7. The van der Waals surface area contributed by atoms with Crippen LogP contribution in [-0.4, -0.2) is 49.8 Å². The first-order valence-corrected chi connectivity index (χ1v) is 43.7. The van der Waals surface area contributed by atoms with Crippen LogP contribution in [0.1, 0.15) is 117 Å². The molecule has 10 heteroatoms. The van der Waals surface area contributed by atoms with Gasteiger partial charge in [0.2, 0.25) is 0 Å². The molecule has 28 rings (SSSR count). The second-order valence-corrected chi connectivity index (χ2v) is 34.0. The third-order valence-corrected chi connectivity index (χ3v) is 26.7. The predicted octanol–water partition coefficient (Wildman–Crippen LogP) is 27.0. The van der Waals surface area contributed by atoms with Crippen LogP contribution in [0.25, 0.3) is 154 Å². The van der Waals surface area contributed by atoms with E-state index in [9.17, 15) is 0 Å². The minimum atomic E-state index is 0.852. The van der Waals surface area contributed by atoms with Gasteiger partial charge >= 0.3 is 0 Å². The van der Waals surface area contributed by atoms with Gasteiger partial charge in [0.25, 0.3) is 0 Å². The van der Waals surface area contributed by atoms with Crippen molar-refractivity contribution in [2.24, 2.45) is 0 Å². The number of para-hydroxylation sites is 1. The molecule has 11 aromatic carbocycles. The van der Waals surface area contributed by atoms with E-state index in [1.165, 1.54) is 216 Å². The van der Waals surface area contributed by atoms with Crippen molar-refractivity contribution in [2.75, 3.05) is 0 Å². The normalized spacial score (nSPS) is 12.5. The van der Waals surface area contributed by atoms with Crippen LogP contribution in [0.2, 0.25) is 0 Å². The van der Waals surface area contributed by atoms with E-state index in [1.807, 2.05) is 67.6 Å². The maximum absolute atomic E-state index is 4.73. The molecule has 0 fully saturated rings. The number of pyridine rings is 10. The molecule has 126 heavy (non-hydrogen) atoms. The summed E-state index contributed by atoms with van der Waals surface area (Å²) >= 11 is 0. The van der Waals surface area contributed by atoms with E-state index >= 15 is 0 Å². The van der Waals surface area contributed by atoms with Crippen LogP contribution >= 0.6 is 0 Å². The van der Waals surface area contributed by atoms with Crippen LogP contribution in [0.5, 0.6) is 0 Å². The number of benzene rings is 11. The third kappa shape index (κ3) is 13.4. The summed E-state index contributed by atoms with van der Waals surface area (Å²) in [6.07, 6.45) is 20.1. The Kier molecular flexibility index (Phi) is 19.4. The molecular formula is C116H88N10. The van der Waals surface area contributed by atoms with Crippen molar-refractivity contribution in [1.29, 1.82) is 0 Å². The fraction of sp³-hybridized carbons (Fsp3) is 0.121. The Bertz CT molecular complexity index is 7140. The molecule has 0 atom stereocenters. The van der Waals surface area contributed by atoms with E-state index in [1.54, 1.807) is 0 Å². The molecule has 0 N–H and O–H groups in total. The van der Waals surface area contributed by atoms with Crippen LogP contribution in [0.3, 0.4) is 0 Å². The Balaban J connectivity index is 0.0000000870. The van der Waals surface area contributed by atoms with Crippen molar-refractivity contribution >= 4 is 76.3 Å². The average molecular weight is 1620 g/mol. The summed E-state index contributed by atoms with van der Waals surface area (Å²) in [4.78, 5) is 45.3. The van der Waals surface area contributed by atoms with E-state index in [0.717, 1.165) is 101 Å². The number of aromatic nitrogens is 10. The van der Waals surface area contributed by atoms with Crippen molar-refractivity contribution in [1.82, 2.24) is 49.8 Å². The Morgan fingerprint density at radius 3 is 1.21 bits per heavy atom. The fourth-order valence-electron chi connectivity index (χ4n) is 20.7. The summed E-state index contributed by atoms with van der Waals surface area (Å²) in [6, 6.07) is 98.8.